The summed E-state index contributed by atoms with van der Waals surface area (Å²) in [5.41, 5.74) is 2.55. The van der Waals surface area contributed by atoms with Gasteiger partial charge in [0.2, 0.25) is 0 Å². The fraction of sp³-hybridized carbons (Fsp3) is 0. The minimum absolute atomic E-state index is 0. The Morgan fingerprint density at radius 1 is 0.500 bits per heavy atom. The number of benzene rings is 2. The van der Waals surface area contributed by atoms with Gasteiger partial charge in [-0.15, -0.1) is 0 Å². The predicted molar refractivity (Wildman–Crippen MR) is 61.2 cm³/mol. The molecule has 2 rings (SSSR count). The van der Waals surface area contributed by atoms with Crippen LogP contribution in [0.2, 0.25) is 0 Å². The standard InChI is InChI=1S/C12H10.Na.H2O/c1-3-7-11(8-4-1)12-9-5-2-6-10-12;;/h1-10H;;1H2. The minimum Gasteiger partial charge on any atom is -0.412 e. The maximum atomic E-state index is 2.12. The molecule has 0 heterocycles. The van der Waals surface area contributed by atoms with E-state index in [4.69, 9.17) is 0 Å². The molecule has 2 N–H and O–H groups in total. The second-order valence-corrected chi connectivity index (χ2v) is 2.73. The molecule has 2 aromatic rings. The van der Waals surface area contributed by atoms with Gasteiger partial charge in [-0.05, 0) is 11.1 Å². The first-order chi connectivity index (χ1) is 5.97. The van der Waals surface area contributed by atoms with Crippen LogP contribution in [0.5, 0.6) is 0 Å². The molecule has 0 unspecified atom stereocenters. The van der Waals surface area contributed by atoms with Crippen molar-refractivity contribution in [1.29, 1.82) is 0 Å². The van der Waals surface area contributed by atoms with Gasteiger partial charge in [0.25, 0.3) is 0 Å². The van der Waals surface area contributed by atoms with E-state index in [9.17, 15) is 0 Å². The molecule has 67 valence electrons. The van der Waals surface area contributed by atoms with Crippen LogP contribution in [0.1, 0.15) is 0 Å². The molecule has 0 aliphatic heterocycles. The van der Waals surface area contributed by atoms with Gasteiger partial charge in [0.1, 0.15) is 0 Å². The molecular formula is C12H12NaO. The minimum atomic E-state index is 0. The maximum absolute atomic E-state index is 2.12. The van der Waals surface area contributed by atoms with Crippen molar-refractivity contribution in [2.24, 2.45) is 0 Å². The van der Waals surface area contributed by atoms with Crippen LogP contribution in [0, 0.1) is 0 Å². The molecule has 0 spiro atoms. The summed E-state index contributed by atoms with van der Waals surface area (Å²) >= 11 is 0. The van der Waals surface area contributed by atoms with E-state index in [1.807, 2.05) is 12.1 Å². The van der Waals surface area contributed by atoms with Gasteiger partial charge in [-0.3, -0.25) is 0 Å². The number of hydrogen-bond donors (Lipinski definition) is 0. The summed E-state index contributed by atoms with van der Waals surface area (Å²) in [6.07, 6.45) is 0. The maximum Gasteiger partial charge on any atom is 0 e. The van der Waals surface area contributed by atoms with Gasteiger partial charge in [0, 0.05) is 29.6 Å². The van der Waals surface area contributed by atoms with Crippen molar-refractivity contribution >= 4 is 29.6 Å². The Labute approximate surface area is 106 Å². The smallest absolute Gasteiger partial charge is 0 e. The molecule has 0 bridgehead atoms. The van der Waals surface area contributed by atoms with Gasteiger partial charge in [-0.1, -0.05) is 60.7 Å². The third-order valence-corrected chi connectivity index (χ3v) is 1.88. The molecule has 1 radical (unpaired) electrons. The van der Waals surface area contributed by atoms with Crippen LogP contribution in [0.4, 0.5) is 0 Å². The second-order valence-electron chi connectivity index (χ2n) is 2.73. The topological polar surface area (TPSA) is 31.5 Å². The van der Waals surface area contributed by atoms with Crippen LogP contribution < -0.4 is 0 Å². The first-order valence-corrected chi connectivity index (χ1v) is 4.07. The molecule has 1 nitrogen and oxygen atoms in total. The monoisotopic (exact) mass is 195 g/mol. The summed E-state index contributed by atoms with van der Waals surface area (Å²) in [5, 5.41) is 0. The predicted octanol–water partition coefficient (Wildman–Crippen LogP) is 2.15. The Morgan fingerprint density at radius 2 is 0.786 bits per heavy atom. The van der Waals surface area contributed by atoms with Crippen molar-refractivity contribution in [2.75, 3.05) is 0 Å². The van der Waals surface area contributed by atoms with E-state index in [-0.39, 0.29) is 35.0 Å². The van der Waals surface area contributed by atoms with Crippen LogP contribution in [-0.4, -0.2) is 35.0 Å². The molecule has 0 amide bonds. The molecule has 0 saturated carbocycles. The quantitative estimate of drug-likeness (QED) is 0.624. The van der Waals surface area contributed by atoms with E-state index >= 15 is 0 Å². The van der Waals surface area contributed by atoms with E-state index in [0.717, 1.165) is 0 Å². The van der Waals surface area contributed by atoms with Crippen molar-refractivity contribution in [2.45, 2.75) is 0 Å². The van der Waals surface area contributed by atoms with Gasteiger partial charge in [0.15, 0.2) is 0 Å². The van der Waals surface area contributed by atoms with Crippen molar-refractivity contribution in [3.63, 3.8) is 0 Å². The molecule has 14 heavy (non-hydrogen) atoms. The van der Waals surface area contributed by atoms with Crippen molar-refractivity contribution in [3.05, 3.63) is 60.7 Å². The van der Waals surface area contributed by atoms with Crippen LogP contribution in [-0.2, 0) is 0 Å². The fourth-order valence-electron chi connectivity index (χ4n) is 1.26. The molecule has 0 aliphatic rings. The zero-order valence-corrected chi connectivity index (χ0v) is 10.3. The van der Waals surface area contributed by atoms with Gasteiger partial charge < -0.3 is 5.48 Å². The van der Waals surface area contributed by atoms with Gasteiger partial charge in [0.05, 0.1) is 0 Å². The van der Waals surface area contributed by atoms with E-state index in [1.54, 1.807) is 0 Å². The summed E-state index contributed by atoms with van der Waals surface area (Å²) in [6, 6.07) is 20.8. The van der Waals surface area contributed by atoms with Crippen molar-refractivity contribution in [1.82, 2.24) is 0 Å². The number of hydrogen-bond acceptors (Lipinski definition) is 0. The molecule has 2 heteroatoms. The molecule has 0 aliphatic carbocycles. The summed E-state index contributed by atoms with van der Waals surface area (Å²) in [7, 11) is 0. The Morgan fingerprint density at radius 3 is 1.07 bits per heavy atom. The van der Waals surface area contributed by atoms with Crippen LogP contribution >= 0.6 is 0 Å². The normalized spacial score (nSPS) is 8.29. The average Bonchev–Trinajstić information content (AvgIpc) is 2.21. The van der Waals surface area contributed by atoms with Crippen molar-refractivity contribution < 1.29 is 5.48 Å². The first-order valence-electron chi connectivity index (χ1n) is 4.07. The Bertz CT molecular complexity index is 308. The second kappa shape index (κ2) is 6.80. The SMILES string of the molecule is O.[Na].c1ccc(-c2ccccc2)cc1. The Balaban J connectivity index is 0.000000845. The van der Waals surface area contributed by atoms with Gasteiger partial charge >= 0.3 is 0 Å². The average molecular weight is 195 g/mol. The van der Waals surface area contributed by atoms with Crippen LogP contribution in [0.15, 0.2) is 60.7 Å². The molecule has 2 aromatic carbocycles. The van der Waals surface area contributed by atoms with Crippen molar-refractivity contribution in [3.8, 4) is 11.1 Å². The van der Waals surface area contributed by atoms with Gasteiger partial charge in [-0.2, -0.15) is 0 Å². The molecule has 0 fully saturated rings. The fourth-order valence-corrected chi connectivity index (χ4v) is 1.26. The van der Waals surface area contributed by atoms with E-state index in [0.29, 0.717) is 0 Å². The molecule has 0 saturated heterocycles. The summed E-state index contributed by atoms with van der Waals surface area (Å²) in [5.74, 6) is 0. The third kappa shape index (κ3) is 3.28. The Kier molecular flexibility index (Phi) is 6.50. The Hall–Kier alpha value is -0.600. The zero-order valence-electron chi connectivity index (χ0n) is 8.27. The molecule has 0 aromatic heterocycles. The third-order valence-electron chi connectivity index (χ3n) is 1.88. The van der Waals surface area contributed by atoms with Crippen LogP contribution in [0.3, 0.4) is 0 Å². The zero-order chi connectivity index (χ0) is 8.23. The largest absolute Gasteiger partial charge is 0.412 e. The van der Waals surface area contributed by atoms with E-state index in [2.05, 4.69) is 48.5 Å². The number of rotatable bonds is 1. The summed E-state index contributed by atoms with van der Waals surface area (Å²) in [6.45, 7) is 0. The first kappa shape index (κ1) is 13.4. The summed E-state index contributed by atoms with van der Waals surface area (Å²) in [4.78, 5) is 0. The van der Waals surface area contributed by atoms with Gasteiger partial charge in [-0.25, -0.2) is 0 Å². The molecular weight excluding hydrogens is 183 g/mol. The molecule has 0 atom stereocenters. The van der Waals surface area contributed by atoms with E-state index < -0.39 is 0 Å². The van der Waals surface area contributed by atoms with Crippen LogP contribution in [0.25, 0.3) is 11.1 Å². The summed E-state index contributed by atoms with van der Waals surface area (Å²) < 4.78 is 0. The van der Waals surface area contributed by atoms with E-state index in [1.165, 1.54) is 11.1 Å².